The number of aromatic nitrogens is 1. The number of phenolic OH excluding ortho intramolecular Hbond substituents is 1. The van der Waals surface area contributed by atoms with Crippen molar-refractivity contribution >= 4 is 16.7 Å². The van der Waals surface area contributed by atoms with Gasteiger partial charge in [-0.1, -0.05) is 26.0 Å². The zero-order valence-electron chi connectivity index (χ0n) is 19.9. The van der Waals surface area contributed by atoms with Crippen molar-refractivity contribution in [1.82, 2.24) is 9.88 Å². The lowest BCUT2D eigenvalue weighted by Gasteiger charge is -2.31. The third-order valence-electron chi connectivity index (χ3n) is 6.13. The first-order valence-electron chi connectivity index (χ1n) is 11.8. The third-order valence-corrected chi connectivity index (χ3v) is 6.13. The highest BCUT2D eigenvalue weighted by Gasteiger charge is 2.25. The summed E-state index contributed by atoms with van der Waals surface area (Å²) in [6, 6.07) is 11.6. The Hall–Kier alpha value is -3.19. The van der Waals surface area contributed by atoms with E-state index in [0.29, 0.717) is 19.0 Å². The van der Waals surface area contributed by atoms with Crippen molar-refractivity contribution in [2.75, 3.05) is 26.2 Å². The summed E-state index contributed by atoms with van der Waals surface area (Å²) in [4.78, 5) is 18.8. The number of rotatable bonds is 7. The Kier molecular flexibility index (Phi) is 7.32. The summed E-state index contributed by atoms with van der Waals surface area (Å²) < 4.78 is 25.0. The Labute approximate surface area is 199 Å². The summed E-state index contributed by atoms with van der Waals surface area (Å²) in [5.41, 5.74) is 2.65. The number of phenols is 1. The predicted octanol–water partition coefficient (Wildman–Crippen LogP) is 5.28. The van der Waals surface area contributed by atoms with E-state index < -0.39 is 0 Å². The third kappa shape index (κ3) is 5.30. The van der Waals surface area contributed by atoms with Crippen LogP contribution >= 0.6 is 0 Å². The number of halogens is 1. The summed E-state index contributed by atoms with van der Waals surface area (Å²) in [6.45, 7) is 8.09. The van der Waals surface area contributed by atoms with Gasteiger partial charge < -0.3 is 14.6 Å². The second kappa shape index (κ2) is 10.4. The van der Waals surface area contributed by atoms with Crippen molar-refractivity contribution in [3.63, 3.8) is 0 Å². The van der Waals surface area contributed by atoms with Crippen molar-refractivity contribution < 1.29 is 23.8 Å². The van der Waals surface area contributed by atoms with Gasteiger partial charge in [0.2, 0.25) is 5.88 Å². The molecule has 1 aliphatic heterocycles. The van der Waals surface area contributed by atoms with Crippen molar-refractivity contribution in [2.45, 2.75) is 45.6 Å². The molecule has 180 valence electrons. The van der Waals surface area contributed by atoms with Crippen molar-refractivity contribution in [3.05, 3.63) is 54.0 Å². The van der Waals surface area contributed by atoms with Crippen molar-refractivity contribution in [2.24, 2.45) is 0 Å². The van der Waals surface area contributed by atoms with E-state index in [1.165, 1.54) is 12.1 Å². The zero-order valence-corrected chi connectivity index (χ0v) is 19.9. The van der Waals surface area contributed by atoms with E-state index in [-0.39, 0.29) is 29.6 Å². The molecule has 0 unspecified atom stereocenters. The molecule has 1 aromatic heterocycles. The van der Waals surface area contributed by atoms with Crippen LogP contribution in [-0.2, 0) is 9.53 Å². The second-order valence-electron chi connectivity index (χ2n) is 8.97. The van der Waals surface area contributed by atoms with Crippen LogP contribution in [0.5, 0.6) is 11.6 Å². The average molecular weight is 467 g/mol. The predicted molar refractivity (Wildman–Crippen MR) is 130 cm³/mol. The number of hydrogen-bond acceptors (Lipinski definition) is 6. The second-order valence-corrected chi connectivity index (χ2v) is 8.97. The molecule has 1 N–H and O–H groups in total. The fourth-order valence-corrected chi connectivity index (χ4v) is 4.45. The highest BCUT2D eigenvalue weighted by atomic mass is 19.1. The van der Waals surface area contributed by atoms with E-state index >= 15 is 0 Å². The van der Waals surface area contributed by atoms with Gasteiger partial charge in [-0.15, -0.1) is 0 Å². The van der Waals surface area contributed by atoms with Gasteiger partial charge in [-0.25, -0.2) is 9.37 Å². The monoisotopic (exact) mass is 466 g/mol. The van der Waals surface area contributed by atoms with Crippen molar-refractivity contribution in [3.8, 4) is 22.8 Å². The maximum absolute atomic E-state index is 13.6. The Morgan fingerprint density at radius 2 is 1.85 bits per heavy atom. The van der Waals surface area contributed by atoms with Gasteiger partial charge >= 0.3 is 5.97 Å². The number of pyridine rings is 1. The van der Waals surface area contributed by atoms with E-state index in [0.717, 1.165) is 53.5 Å². The van der Waals surface area contributed by atoms with Gasteiger partial charge in [0.15, 0.2) is 0 Å². The number of likely N-dealkylation sites (tertiary alicyclic amines) is 1. The van der Waals surface area contributed by atoms with Crippen LogP contribution in [0.2, 0.25) is 0 Å². The molecule has 1 aliphatic rings. The molecule has 0 atom stereocenters. The van der Waals surface area contributed by atoms with E-state index in [1.807, 2.05) is 6.07 Å². The minimum Gasteiger partial charge on any atom is -0.508 e. The topological polar surface area (TPSA) is 71.9 Å². The molecule has 0 aliphatic carbocycles. The molecule has 0 spiro atoms. The van der Waals surface area contributed by atoms with Gasteiger partial charge in [0.1, 0.15) is 17.7 Å². The van der Waals surface area contributed by atoms with Crippen LogP contribution in [0, 0.1) is 5.82 Å². The SMILES string of the molecule is CCOC(=O)CN1CCC(Oc2nc(C(C)C)c(-c3ccc(F)cc3)c3ccc(O)cc23)CC1. The number of ether oxygens (including phenoxy) is 2. The van der Waals surface area contributed by atoms with Crippen molar-refractivity contribution in [1.29, 1.82) is 0 Å². The molecule has 1 fully saturated rings. The average Bonchev–Trinajstić information content (AvgIpc) is 2.81. The van der Waals surface area contributed by atoms with Crippen LogP contribution in [0.15, 0.2) is 42.5 Å². The molecule has 2 aromatic carbocycles. The number of aromatic hydroxyl groups is 1. The first-order valence-corrected chi connectivity index (χ1v) is 11.8. The number of fused-ring (bicyclic) bond motifs is 1. The molecule has 1 saturated heterocycles. The molecule has 0 radical (unpaired) electrons. The summed E-state index contributed by atoms with van der Waals surface area (Å²) >= 11 is 0. The minimum atomic E-state index is -0.293. The number of hydrogen-bond donors (Lipinski definition) is 1. The van der Waals surface area contributed by atoms with Crippen LogP contribution in [0.4, 0.5) is 4.39 Å². The normalized spacial score (nSPS) is 15.1. The number of carbonyl (C=O) groups excluding carboxylic acids is 1. The lowest BCUT2D eigenvalue weighted by atomic mass is 9.92. The van der Waals surface area contributed by atoms with E-state index in [2.05, 4.69) is 18.7 Å². The number of carbonyl (C=O) groups is 1. The summed E-state index contributed by atoms with van der Waals surface area (Å²) in [7, 11) is 0. The lowest BCUT2D eigenvalue weighted by Crippen LogP contribution is -2.41. The number of piperidine rings is 1. The molecule has 0 bridgehead atoms. The fourth-order valence-electron chi connectivity index (χ4n) is 4.45. The van der Waals surface area contributed by atoms with E-state index in [4.69, 9.17) is 14.5 Å². The van der Waals surface area contributed by atoms with Gasteiger partial charge in [0.05, 0.1) is 18.8 Å². The molecular formula is C27H31FN2O4. The molecule has 2 heterocycles. The Morgan fingerprint density at radius 1 is 1.15 bits per heavy atom. The zero-order chi connectivity index (χ0) is 24.2. The largest absolute Gasteiger partial charge is 0.508 e. The molecule has 3 aromatic rings. The van der Waals surface area contributed by atoms with Crippen LogP contribution < -0.4 is 4.74 Å². The molecule has 6 nitrogen and oxygen atoms in total. The molecular weight excluding hydrogens is 435 g/mol. The standard InChI is InChI=1S/C27H31FN2O4/c1-4-33-24(32)16-30-13-11-21(12-14-30)34-27-23-15-20(31)9-10-22(23)25(26(29-27)17(2)3)18-5-7-19(28)8-6-18/h5-10,15,17,21,31H,4,11-14,16H2,1-3H3. The Bertz CT molecular complexity index is 1160. The van der Waals surface area contributed by atoms with Gasteiger partial charge in [0, 0.05) is 24.0 Å². The Balaban J connectivity index is 1.65. The summed E-state index contributed by atoms with van der Waals surface area (Å²) in [6.07, 6.45) is 1.48. The van der Waals surface area contributed by atoms with Crippen LogP contribution in [0.25, 0.3) is 21.9 Å². The highest BCUT2D eigenvalue weighted by molar-refractivity contribution is 6.01. The smallest absolute Gasteiger partial charge is 0.320 e. The molecule has 0 amide bonds. The summed E-state index contributed by atoms with van der Waals surface area (Å²) in [5, 5.41) is 11.8. The van der Waals surface area contributed by atoms with Gasteiger partial charge in [-0.05, 0) is 67.0 Å². The molecule has 4 rings (SSSR count). The lowest BCUT2D eigenvalue weighted by molar-refractivity contribution is -0.144. The van der Waals surface area contributed by atoms with Crippen LogP contribution in [-0.4, -0.2) is 53.3 Å². The first-order chi connectivity index (χ1) is 16.4. The number of benzene rings is 2. The quantitative estimate of drug-likeness (QED) is 0.478. The maximum Gasteiger partial charge on any atom is 0.320 e. The van der Waals surface area contributed by atoms with E-state index in [1.54, 1.807) is 31.2 Å². The van der Waals surface area contributed by atoms with Gasteiger partial charge in [-0.3, -0.25) is 9.69 Å². The van der Waals surface area contributed by atoms with Gasteiger partial charge in [0.25, 0.3) is 0 Å². The maximum atomic E-state index is 13.6. The van der Waals surface area contributed by atoms with E-state index in [9.17, 15) is 14.3 Å². The Morgan fingerprint density at radius 3 is 2.50 bits per heavy atom. The van der Waals surface area contributed by atoms with Crippen LogP contribution in [0.3, 0.4) is 0 Å². The molecule has 34 heavy (non-hydrogen) atoms. The molecule has 7 heteroatoms. The van der Waals surface area contributed by atoms with Crippen LogP contribution in [0.1, 0.15) is 45.2 Å². The highest BCUT2D eigenvalue weighted by Crippen LogP contribution is 2.40. The fraction of sp³-hybridized carbons (Fsp3) is 0.407. The molecule has 0 saturated carbocycles. The summed E-state index contributed by atoms with van der Waals surface area (Å²) in [5.74, 6) is 0.226. The number of nitrogens with zero attached hydrogens (tertiary/aromatic N) is 2. The minimum absolute atomic E-state index is 0.0480. The number of esters is 1. The first kappa shape index (κ1) is 24.0. The van der Waals surface area contributed by atoms with Gasteiger partial charge in [-0.2, -0.15) is 0 Å².